The number of imide groups is 1. The third-order valence-corrected chi connectivity index (χ3v) is 5.51. The van der Waals surface area contributed by atoms with Crippen molar-refractivity contribution in [2.45, 2.75) is 13.0 Å². The number of carbonyl (C=O) groups excluding carboxylic acids is 3. The van der Waals surface area contributed by atoms with Crippen LogP contribution < -0.4 is 4.74 Å². The number of amides is 2. The molecule has 168 valence electrons. The molecule has 0 unspecified atom stereocenters. The number of carbonyl (C=O) groups is 3. The number of nitrogens with zero attached hydrogens (tertiary/aromatic N) is 2. The van der Waals surface area contributed by atoms with Gasteiger partial charge in [0.2, 0.25) is 0 Å². The van der Waals surface area contributed by atoms with Gasteiger partial charge in [0, 0.05) is 19.6 Å². The Bertz CT molecular complexity index is 949. The minimum Gasteiger partial charge on any atom is -0.482 e. The quantitative estimate of drug-likeness (QED) is 0.460. The van der Waals surface area contributed by atoms with Crippen LogP contribution in [0.2, 0.25) is 0 Å². The average molecular weight is 438 g/mol. The van der Waals surface area contributed by atoms with E-state index in [0.29, 0.717) is 49.7 Å². The van der Waals surface area contributed by atoms with E-state index in [0.717, 1.165) is 10.5 Å². The highest BCUT2D eigenvalue weighted by Crippen LogP contribution is 2.23. The molecule has 2 aromatic carbocycles. The molecule has 2 amide bonds. The summed E-state index contributed by atoms with van der Waals surface area (Å²) in [5.41, 5.74) is 1.83. The normalized spacial score (nSPS) is 17.2. The molecule has 0 saturated carbocycles. The summed E-state index contributed by atoms with van der Waals surface area (Å²) in [5.74, 6) is -0.730. The van der Waals surface area contributed by atoms with Crippen molar-refractivity contribution in [3.8, 4) is 5.75 Å². The third-order valence-electron chi connectivity index (χ3n) is 5.51. The first-order valence-corrected chi connectivity index (χ1v) is 10.7. The molecule has 0 spiro atoms. The van der Waals surface area contributed by atoms with E-state index in [4.69, 9.17) is 14.2 Å². The highest BCUT2D eigenvalue weighted by molar-refractivity contribution is 6.21. The van der Waals surface area contributed by atoms with Gasteiger partial charge in [-0.1, -0.05) is 29.8 Å². The number of ether oxygens (including phenoxy) is 3. The minimum absolute atomic E-state index is 0.0139. The first-order chi connectivity index (χ1) is 15.5. The predicted molar refractivity (Wildman–Crippen MR) is 116 cm³/mol. The average Bonchev–Trinajstić information content (AvgIpc) is 3.04. The highest BCUT2D eigenvalue weighted by Gasteiger charge is 2.37. The summed E-state index contributed by atoms with van der Waals surface area (Å²) in [7, 11) is 0. The number of rotatable bonds is 8. The molecule has 2 aromatic rings. The van der Waals surface area contributed by atoms with Crippen LogP contribution in [0.5, 0.6) is 5.75 Å². The summed E-state index contributed by atoms with van der Waals surface area (Å²) in [6.07, 6.45) is -0.676. The van der Waals surface area contributed by atoms with Gasteiger partial charge >= 0.3 is 5.97 Å². The molecule has 0 aromatic heterocycles. The summed E-state index contributed by atoms with van der Waals surface area (Å²) in [6.45, 7) is 4.64. The second-order valence-electron chi connectivity index (χ2n) is 7.89. The SMILES string of the molecule is Cc1ccc(OCC(=O)O[C@@H](CN2CCOCC2)CN2C(=O)c3ccccc3C2=O)cc1. The molecular formula is C24H26N2O6. The van der Waals surface area contributed by atoms with E-state index >= 15 is 0 Å². The number of benzene rings is 2. The highest BCUT2D eigenvalue weighted by atomic mass is 16.6. The van der Waals surface area contributed by atoms with Crippen molar-refractivity contribution in [3.63, 3.8) is 0 Å². The number of fused-ring (bicyclic) bond motifs is 1. The third kappa shape index (κ3) is 5.15. The Morgan fingerprint density at radius 1 is 0.969 bits per heavy atom. The smallest absolute Gasteiger partial charge is 0.344 e. The van der Waals surface area contributed by atoms with Gasteiger partial charge in [0.25, 0.3) is 11.8 Å². The van der Waals surface area contributed by atoms with Crippen LogP contribution in [0.1, 0.15) is 26.3 Å². The van der Waals surface area contributed by atoms with Gasteiger partial charge in [0.1, 0.15) is 11.9 Å². The molecule has 0 bridgehead atoms. The van der Waals surface area contributed by atoms with E-state index in [2.05, 4.69) is 4.90 Å². The van der Waals surface area contributed by atoms with Crippen LogP contribution >= 0.6 is 0 Å². The fourth-order valence-corrected chi connectivity index (χ4v) is 3.81. The van der Waals surface area contributed by atoms with Gasteiger partial charge in [-0.05, 0) is 31.2 Å². The maximum Gasteiger partial charge on any atom is 0.344 e. The first kappa shape index (κ1) is 22.0. The van der Waals surface area contributed by atoms with Crippen molar-refractivity contribution in [1.82, 2.24) is 9.80 Å². The number of hydrogen-bond donors (Lipinski definition) is 0. The summed E-state index contributed by atoms with van der Waals surface area (Å²) >= 11 is 0. The second-order valence-corrected chi connectivity index (χ2v) is 7.89. The van der Waals surface area contributed by atoms with Crippen LogP contribution in [-0.4, -0.2) is 79.7 Å². The molecule has 0 radical (unpaired) electrons. The van der Waals surface area contributed by atoms with E-state index in [1.165, 1.54) is 0 Å². The number of esters is 1. The lowest BCUT2D eigenvalue weighted by molar-refractivity contribution is -0.153. The van der Waals surface area contributed by atoms with E-state index in [1.807, 2.05) is 19.1 Å². The van der Waals surface area contributed by atoms with E-state index in [9.17, 15) is 14.4 Å². The molecule has 2 heterocycles. The molecule has 8 nitrogen and oxygen atoms in total. The summed E-state index contributed by atoms with van der Waals surface area (Å²) < 4.78 is 16.6. The fraction of sp³-hybridized carbons (Fsp3) is 0.375. The largest absolute Gasteiger partial charge is 0.482 e. The Morgan fingerprint density at radius 2 is 1.59 bits per heavy atom. The van der Waals surface area contributed by atoms with Crippen molar-refractivity contribution in [2.75, 3.05) is 46.0 Å². The van der Waals surface area contributed by atoms with Crippen LogP contribution in [0.25, 0.3) is 0 Å². The molecule has 4 rings (SSSR count). The van der Waals surface area contributed by atoms with Gasteiger partial charge in [-0.3, -0.25) is 19.4 Å². The zero-order valence-electron chi connectivity index (χ0n) is 18.0. The minimum atomic E-state index is -0.676. The molecule has 1 fully saturated rings. The Labute approximate surface area is 186 Å². The molecule has 0 N–H and O–H groups in total. The Balaban J connectivity index is 1.41. The Morgan fingerprint density at radius 3 is 2.22 bits per heavy atom. The summed E-state index contributed by atoms with van der Waals surface area (Å²) in [4.78, 5) is 41.3. The number of aryl methyl sites for hydroxylation is 1. The van der Waals surface area contributed by atoms with Gasteiger partial charge < -0.3 is 14.2 Å². The van der Waals surface area contributed by atoms with Crippen LogP contribution in [0.3, 0.4) is 0 Å². The van der Waals surface area contributed by atoms with Crippen molar-refractivity contribution >= 4 is 17.8 Å². The van der Waals surface area contributed by atoms with E-state index in [1.54, 1.807) is 36.4 Å². The molecule has 1 atom stereocenters. The van der Waals surface area contributed by atoms with Gasteiger partial charge in [-0.15, -0.1) is 0 Å². The van der Waals surface area contributed by atoms with Crippen molar-refractivity contribution in [1.29, 1.82) is 0 Å². The van der Waals surface area contributed by atoms with Crippen LogP contribution in [0.15, 0.2) is 48.5 Å². The lowest BCUT2D eigenvalue weighted by Crippen LogP contribution is -2.47. The Hall–Kier alpha value is -3.23. The summed E-state index contributed by atoms with van der Waals surface area (Å²) in [6, 6.07) is 14.1. The van der Waals surface area contributed by atoms with Crippen LogP contribution in [0.4, 0.5) is 0 Å². The second kappa shape index (κ2) is 9.93. The molecule has 32 heavy (non-hydrogen) atoms. The number of hydrogen-bond acceptors (Lipinski definition) is 7. The van der Waals surface area contributed by atoms with Crippen molar-refractivity contribution in [2.24, 2.45) is 0 Å². The van der Waals surface area contributed by atoms with Crippen molar-refractivity contribution < 1.29 is 28.6 Å². The van der Waals surface area contributed by atoms with Crippen LogP contribution in [0, 0.1) is 6.92 Å². The molecule has 0 aliphatic carbocycles. The monoisotopic (exact) mass is 438 g/mol. The lowest BCUT2D eigenvalue weighted by atomic mass is 10.1. The first-order valence-electron chi connectivity index (χ1n) is 10.7. The van der Waals surface area contributed by atoms with Crippen molar-refractivity contribution in [3.05, 3.63) is 65.2 Å². The van der Waals surface area contributed by atoms with Gasteiger partial charge in [0.05, 0.1) is 30.9 Å². The standard InChI is InChI=1S/C24H26N2O6/c1-17-6-8-18(9-7-17)31-16-22(27)32-19(14-25-10-12-30-13-11-25)15-26-23(28)20-4-2-3-5-21(20)24(26)29/h2-9,19H,10-16H2,1H3/t19-/m0/s1. The molecule has 8 heteroatoms. The maximum atomic E-state index is 12.8. The molecule has 1 saturated heterocycles. The zero-order chi connectivity index (χ0) is 22.5. The van der Waals surface area contributed by atoms with Gasteiger partial charge in [0.15, 0.2) is 6.61 Å². The topological polar surface area (TPSA) is 85.4 Å². The van der Waals surface area contributed by atoms with Gasteiger partial charge in [-0.25, -0.2) is 4.79 Å². The molecule has 2 aliphatic rings. The summed E-state index contributed by atoms with van der Waals surface area (Å²) in [5, 5.41) is 0. The number of morpholine rings is 1. The van der Waals surface area contributed by atoms with E-state index < -0.39 is 12.1 Å². The van der Waals surface area contributed by atoms with Gasteiger partial charge in [-0.2, -0.15) is 0 Å². The maximum absolute atomic E-state index is 12.8. The Kier molecular flexibility index (Phi) is 6.82. The lowest BCUT2D eigenvalue weighted by Gasteiger charge is -2.31. The zero-order valence-corrected chi connectivity index (χ0v) is 18.0. The predicted octanol–water partition coefficient (Wildman–Crippen LogP) is 1.91. The van der Waals surface area contributed by atoms with E-state index in [-0.39, 0.29) is 25.0 Å². The fourth-order valence-electron chi connectivity index (χ4n) is 3.81. The molecule has 2 aliphatic heterocycles. The van der Waals surface area contributed by atoms with Crippen LogP contribution in [-0.2, 0) is 14.3 Å². The molecular weight excluding hydrogens is 412 g/mol.